The Morgan fingerprint density at radius 2 is 2.23 bits per heavy atom. The van der Waals surface area contributed by atoms with Crippen LogP contribution in [0.1, 0.15) is 12.5 Å². The van der Waals surface area contributed by atoms with Crippen molar-refractivity contribution in [1.82, 2.24) is 0 Å². The molecular formula is C11H13NS. The summed E-state index contributed by atoms with van der Waals surface area (Å²) >= 11 is 1.83. The predicted octanol–water partition coefficient (Wildman–Crippen LogP) is 3.51. The summed E-state index contributed by atoms with van der Waals surface area (Å²) in [5.74, 6) is 0. The topological polar surface area (TPSA) is 12.0 Å². The monoisotopic (exact) mass is 191 g/mol. The molecule has 0 saturated heterocycles. The third kappa shape index (κ3) is 1.42. The van der Waals surface area contributed by atoms with Gasteiger partial charge in [-0.2, -0.15) is 0 Å². The highest BCUT2D eigenvalue weighted by Gasteiger charge is 2.02. The van der Waals surface area contributed by atoms with Crippen LogP contribution in [0.5, 0.6) is 0 Å². The number of benzene rings is 1. The Hall–Kier alpha value is -1.02. The highest BCUT2D eigenvalue weighted by molar-refractivity contribution is 7.17. The molecule has 0 aliphatic heterocycles. The lowest BCUT2D eigenvalue weighted by atomic mass is 10.1. The number of fused-ring (bicyclic) bond motifs is 1. The number of aryl methyl sites for hydroxylation is 1. The standard InChI is InChI=1S/C11H13NS/c1-3-8-7-13-11-5-4-9(12-2)6-10(8)11/h4-7,12H,3H2,1-2H3. The average Bonchev–Trinajstić information content (AvgIpc) is 2.59. The van der Waals surface area contributed by atoms with Crippen LogP contribution in [0.3, 0.4) is 0 Å². The van der Waals surface area contributed by atoms with E-state index in [1.165, 1.54) is 21.3 Å². The highest BCUT2D eigenvalue weighted by atomic mass is 32.1. The molecule has 0 fully saturated rings. The molecule has 0 aliphatic rings. The van der Waals surface area contributed by atoms with Crippen LogP contribution in [0.4, 0.5) is 5.69 Å². The Bertz CT molecular complexity index is 417. The predicted molar refractivity (Wildman–Crippen MR) is 60.7 cm³/mol. The van der Waals surface area contributed by atoms with Crippen LogP contribution in [0.25, 0.3) is 10.1 Å². The van der Waals surface area contributed by atoms with Crippen molar-refractivity contribution >= 4 is 27.1 Å². The molecule has 1 heterocycles. The maximum Gasteiger partial charge on any atom is 0.0347 e. The van der Waals surface area contributed by atoms with E-state index in [-0.39, 0.29) is 0 Å². The number of thiophene rings is 1. The minimum atomic E-state index is 1.12. The number of hydrogen-bond donors (Lipinski definition) is 1. The molecular weight excluding hydrogens is 178 g/mol. The molecule has 0 saturated carbocycles. The molecule has 1 N–H and O–H groups in total. The molecule has 1 nitrogen and oxygen atoms in total. The molecule has 0 unspecified atom stereocenters. The van der Waals surface area contributed by atoms with Crippen molar-refractivity contribution in [1.29, 1.82) is 0 Å². The van der Waals surface area contributed by atoms with E-state index in [0.29, 0.717) is 0 Å². The van der Waals surface area contributed by atoms with E-state index >= 15 is 0 Å². The van der Waals surface area contributed by atoms with Crippen molar-refractivity contribution in [2.75, 3.05) is 12.4 Å². The molecule has 1 aromatic heterocycles. The Labute approximate surface area is 82.4 Å². The summed E-state index contributed by atoms with van der Waals surface area (Å²) < 4.78 is 1.39. The second-order valence-electron chi connectivity index (χ2n) is 3.08. The van der Waals surface area contributed by atoms with Gasteiger partial charge in [0.25, 0.3) is 0 Å². The van der Waals surface area contributed by atoms with Crippen molar-refractivity contribution in [2.45, 2.75) is 13.3 Å². The van der Waals surface area contributed by atoms with Gasteiger partial charge in [-0.3, -0.25) is 0 Å². The Balaban J connectivity index is 2.64. The van der Waals surface area contributed by atoms with Crippen molar-refractivity contribution in [2.24, 2.45) is 0 Å². The second-order valence-corrected chi connectivity index (χ2v) is 3.99. The molecule has 2 heteroatoms. The molecule has 68 valence electrons. The molecule has 0 bridgehead atoms. The number of hydrogen-bond acceptors (Lipinski definition) is 2. The zero-order valence-electron chi connectivity index (χ0n) is 7.92. The Kier molecular flexibility index (Phi) is 2.23. The molecule has 13 heavy (non-hydrogen) atoms. The van der Waals surface area contributed by atoms with Gasteiger partial charge in [-0.15, -0.1) is 11.3 Å². The molecule has 2 rings (SSSR count). The first-order chi connectivity index (χ1) is 6.35. The molecule has 0 aliphatic carbocycles. The molecule has 0 radical (unpaired) electrons. The summed E-state index contributed by atoms with van der Waals surface area (Å²) in [4.78, 5) is 0. The molecule has 0 spiro atoms. The summed E-state index contributed by atoms with van der Waals surface area (Å²) in [5, 5.41) is 6.82. The van der Waals surface area contributed by atoms with Gasteiger partial charge >= 0.3 is 0 Å². The van der Waals surface area contributed by atoms with Gasteiger partial charge in [0.05, 0.1) is 0 Å². The average molecular weight is 191 g/mol. The minimum absolute atomic E-state index is 1.12. The Morgan fingerprint density at radius 3 is 2.92 bits per heavy atom. The summed E-state index contributed by atoms with van der Waals surface area (Å²) in [6.45, 7) is 2.20. The SMILES string of the molecule is CCc1csc2ccc(NC)cc12. The molecule has 0 atom stereocenters. The minimum Gasteiger partial charge on any atom is -0.388 e. The number of nitrogens with one attached hydrogen (secondary N) is 1. The quantitative estimate of drug-likeness (QED) is 0.766. The van der Waals surface area contributed by atoms with Crippen LogP contribution in [0, 0.1) is 0 Å². The second kappa shape index (κ2) is 3.38. The third-order valence-electron chi connectivity index (χ3n) is 2.32. The van der Waals surface area contributed by atoms with Gasteiger partial charge in [-0.05, 0) is 40.9 Å². The van der Waals surface area contributed by atoms with Crippen molar-refractivity contribution < 1.29 is 0 Å². The molecule has 2 aromatic rings. The van der Waals surface area contributed by atoms with Gasteiger partial charge < -0.3 is 5.32 Å². The fourth-order valence-electron chi connectivity index (χ4n) is 1.51. The van der Waals surface area contributed by atoms with Crippen LogP contribution in [-0.2, 0) is 6.42 Å². The van der Waals surface area contributed by atoms with E-state index in [0.717, 1.165) is 6.42 Å². The maximum atomic E-state index is 3.16. The van der Waals surface area contributed by atoms with Crippen LogP contribution < -0.4 is 5.32 Å². The summed E-state index contributed by atoms with van der Waals surface area (Å²) in [6, 6.07) is 6.54. The normalized spacial score (nSPS) is 10.6. The smallest absolute Gasteiger partial charge is 0.0347 e. The third-order valence-corrected chi connectivity index (χ3v) is 3.34. The first-order valence-electron chi connectivity index (χ1n) is 4.53. The number of rotatable bonds is 2. The van der Waals surface area contributed by atoms with Crippen LogP contribution >= 0.6 is 11.3 Å². The van der Waals surface area contributed by atoms with Crippen LogP contribution in [0.2, 0.25) is 0 Å². The van der Waals surface area contributed by atoms with Gasteiger partial charge in [-0.1, -0.05) is 6.92 Å². The molecule has 1 aromatic carbocycles. The zero-order valence-corrected chi connectivity index (χ0v) is 8.74. The fourth-order valence-corrected chi connectivity index (χ4v) is 2.54. The van der Waals surface area contributed by atoms with Crippen molar-refractivity contribution in [3.05, 3.63) is 29.1 Å². The van der Waals surface area contributed by atoms with E-state index in [4.69, 9.17) is 0 Å². The fraction of sp³-hybridized carbons (Fsp3) is 0.273. The van der Waals surface area contributed by atoms with E-state index in [9.17, 15) is 0 Å². The van der Waals surface area contributed by atoms with E-state index in [1.807, 2.05) is 18.4 Å². The van der Waals surface area contributed by atoms with Crippen molar-refractivity contribution in [3.8, 4) is 0 Å². The van der Waals surface area contributed by atoms with Gasteiger partial charge in [0.15, 0.2) is 0 Å². The van der Waals surface area contributed by atoms with Gasteiger partial charge in [0.2, 0.25) is 0 Å². The largest absolute Gasteiger partial charge is 0.388 e. The van der Waals surface area contributed by atoms with Gasteiger partial charge in [0, 0.05) is 17.4 Å². The van der Waals surface area contributed by atoms with Crippen molar-refractivity contribution in [3.63, 3.8) is 0 Å². The van der Waals surface area contributed by atoms with E-state index < -0.39 is 0 Å². The van der Waals surface area contributed by atoms with Crippen LogP contribution in [-0.4, -0.2) is 7.05 Å². The first-order valence-corrected chi connectivity index (χ1v) is 5.41. The Morgan fingerprint density at radius 1 is 1.38 bits per heavy atom. The highest BCUT2D eigenvalue weighted by Crippen LogP contribution is 2.28. The van der Waals surface area contributed by atoms with Gasteiger partial charge in [0.1, 0.15) is 0 Å². The lowest BCUT2D eigenvalue weighted by Gasteiger charge is -2.00. The number of anilines is 1. The van der Waals surface area contributed by atoms with E-state index in [1.54, 1.807) is 0 Å². The lowest BCUT2D eigenvalue weighted by Crippen LogP contribution is -1.86. The summed E-state index contributed by atoms with van der Waals surface area (Å²) in [6.07, 6.45) is 1.12. The molecule has 0 amide bonds. The summed E-state index contributed by atoms with van der Waals surface area (Å²) in [7, 11) is 1.96. The van der Waals surface area contributed by atoms with Crippen LogP contribution in [0.15, 0.2) is 23.6 Å². The zero-order chi connectivity index (χ0) is 9.26. The van der Waals surface area contributed by atoms with E-state index in [2.05, 4.69) is 35.8 Å². The summed E-state index contributed by atoms with van der Waals surface area (Å²) in [5.41, 5.74) is 2.65. The lowest BCUT2D eigenvalue weighted by molar-refractivity contribution is 1.17. The first kappa shape index (κ1) is 8.57. The maximum absolute atomic E-state index is 3.16. The van der Waals surface area contributed by atoms with Gasteiger partial charge in [-0.25, -0.2) is 0 Å².